The maximum atomic E-state index is 12.3. The van der Waals surface area contributed by atoms with E-state index in [1.165, 1.54) is 6.92 Å². The number of amides is 3. The van der Waals surface area contributed by atoms with E-state index in [9.17, 15) is 9.59 Å². The molecule has 1 aliphatic rings. The molecule has 1 aliphatic carbocycles. The van der Waals surface area contributed by atoms with Gasteiger partial charge in [0.15, 0.2) is 5.15 Å². The molecule has 1 fully saturated rings. The number of hydrogen-bond donors (Lipinski definition) is 3. The molecule has 162 valence electrons. The molecule has 8 nitrogen and oxygen atoms in total. The summed E-state index contributed by atoms with van der Waals surface area (Å²) in [5.74, 6) is 1.30. The first-order chi connectivity index (χ1) is 14.2. The molecule has 0 aliphatic heterocycles. The molecule has 0 saturated heterocycles. The number of aromatic nitrogens is 3. The minimum Gasteiger partial charge on any atom is -0.354 e. The first kappa shape index (κ1) is 22.1. The third kappa shape index (κ3) is 5.30. The molecule has 1 saturated carbocycles. The summed E-state index contributed by atoms with van der Waals surface area (Å²) in [4.78, 5) is 32.2. The maximum Gasteiger partial charge on any atom is 0.320 e. The van der Waals surface area contributed by atoms with Gasteiger partial charge in [0, 0.05) is 36.8 Å². The van der Waals surface area contributed by atoms with E-state index < -0.39 is 0 Å². The summed E-state index contributed by atoms with van der Waals surface area (Å²) < 4.78 is 2.07. The smallest absolute Gasteiger partial charge is 0.320 e. The van der Waals surface area contributed by atoms with Gasteiger partial charge in [-0.2, -0.15) is 0 Å². The molecule has 9 heteroatoms. The quantitative estimate of drug-likeness (QED) is 0.663. The van der Waals surface area contributed by atoms with Gasteiger partial charge in [-0.25, -0.2) is 14.8 Å². The van der Waals surface area contributed by atoms with Gasteiger partial charge in [-0.3, -0.25) is 10.1 Å². The first-order valence-corrected chi connectivity index (χ1v) is 10.7. The minimum absolute atomic E-state index is 0.00781. The highest BCUT2D eigenvalue weighted by Gasteiger charge is 2.23. The van der Waals surface area contributed by atoms with Crippen LogP contribution in [0.3, 0.4) is 0 Å². The number of pyridine rings is 1. The second kappa shape index (κ2) is 9.47. The average Bonchev–Trinajstić information content (AvgIpc) is 2.97. The normalized spacial score (nSPS) is 18.9. The van der Waals surface area contributed by atoms with Crippen LogP contribution >= 0.6 is 11.6 Å². The van der Waals surface area contributed by atoms with Crippen molar-refractivity contribution >= 4 is 29.4 Å². The number of carbonyl (C=O) groups is 2. The third-order valence-electron chi connectivity index (χ3n) is 5.31. The molecular weight excluding hydrogens is 404 g/mol. The second-order valence-corrected chi connectivity index (χ2v) is 8.40. The lowest BCUT2D eigenvalue weighted by atomic mass is 9.91. The van der Waals surface area contributed by atoms with Crippen molar-refractivity contribution in [3.8, 4) is 11.3 Å². The van der Waals surface area contributed by atoms with E-state index in [0.29, 0.717) is 11.0 Å². The van der Waals surface area contributed by atoms with Crippen LogP contribution in [0.2, 0.25) is 5.15 Å². The lowest BCUT2D eigenvalue weighted by molar-refractivity contribution is -0.119. The molecule has 0 aromatic carbocycles. The van der Waals surface area contributed by atoms with Gasteiger partial charge >= 0.3 is 6.03 Å². The van der Waals surface area contributed by atoms with Crippen LogP contribution in [0.25, 0.3) is 11.3 Å². The van der Waals surface area contributed by atoms with Crippen LogP contribution in [-0.4, -0.2) is 38.6 Å². The van der Waals surface area contributed by atoms with E-state index in [1.807, 2.05) is 13.0 Å². The van der Waals surface area contributed by atoms with Crippen molar-refractivity contribution in [3.05, 3.63) is 29.3 Å². The van der Waals surface area contributed by atoms with Crippen LogP contribution in [0.4, 0.5) is 10.6 Å². The molecule has 3 rings (SSSR count). The van der Waals surface area contributed by atoms with Gasteiger partial charge in [0.25, 0.3) is 0 Å². The molecule has 0 bridgehead atoms. The lowest BCUT2D eigenvalue weighted by Gasteiger charge is -2.29. The van der Waals surface area contributed by atoms with Gasteiger partial charge in [0.2, 0.25) is 5.91 Å². The summed E-state index contributed by atoms with van der Waals surface area (Å²) >= 11 is 6.34. The Hall–Kier alpha value is -2.61. The van der Waals surface area contributed by atoms with Crippen LogP contribution in [0.1, 0.15) is 58.3 Å². The Morgan fingerprint density at radius 3 is 2.30 bits per heavy atom. The summed E-state index contributed by atoms with van der Waals surface area (Å²) in [6, 6.07) is 3.86. The van der Waals surface area contributed by atoms with Crippen LogP contribution in [0.5, 0.6) is 0 Å². The topological polar surface area (TPSA) is 101 Å². The van der Waals surface area contributed by atoms with Crippen molar-refractivity contribution in [2.24, 2.45) is 0 Å². The fourth-order valence-electron chi connectivity index (χ4n) is 4.02. The number of anilines is 1. The van der Waals surface area contributed by atoms with Gasteiger partial charge in [-0.15, -0.1) is 0 Å². The van der Waals surface area contributed by atoms with Crippen LogP contribution in [0, 0.1) is 6.92 Å². The van der Waals surface area contributed by atoms with Crippen molar-refractivity contribution in [2.75, 3.05) is 5.32 Å². The maximum absolute atomic E-state index is 12.3. The highest BCUT2D eigenvalue weighted by molar-refractivity contribution is 6.32. The largest absolute Gasteiger partial charge is 0.354 e. The van der Waals surface area contributed by atoms with E-state index in [0.717, 1.165) is 42.8 Å². The molecule has 0 radical (unpaired) electrons. The Balaban J connectivity index is 1.58. The van der Waals surface area contributed by atoms with Crippen molar-refractivity contribution < 1.29 is 9.59 Å². The third-order valence-corrected chi connectivity index (χ3v) is 5.57. The van der Waals surface area contributed by atoms with E-state index >= 15 is 0 Å². The first-order valence-electron chi connectivity index (χ1n) is 10.3. The standard InChI is InChI=1S/C21H29ClN6O2/c1-12(2)28-13(3)24-20(22)19(28)15-5-10-18(23-11-15)27-21(30)26-17-8-6-16(7-9-17)25-14(4)29/h5,10-12,16-17H,6-9H2,1-4H3,(H,25,29)(H2,23,26,27,30). The summed E-state index contributed by atoms with van der Waals surface area (Å²) in [5.41, 5.74) is 1.67. The molecule has 0 spiro atoms. The molecular formula is C21H29ClN6O2. The molecule has 3 N–H and O–H groups in total. The molecule has 3 amide bonds. The predicted octanol–water partition coefficient (Wildman–Crippen LogP) is 4.06. The van der Waals surface area contributed by atoms with Crippen LogP contribution in [0.15, 0.2) is 18.3 Å². The summed E-state index contributed by atoms with van der Waals surface area (Å²) in [6.45, 7) is 7.60. The van der Waals surface area contributed by atoms with Crippen molar-refractivity contribution in [2.45, 2.75) is 71.5 Å². The average molecular weight is 433 g/mol. The molecule has 2 aromatic heterocycles. The van der Waals surface area contributed by atoms with Gasteiger partial charge in [-0.1, -0.05) is 11.6 Å². The SMILES string of the molecule is CC(=O)NC1CCC(NC(=O)Nc2ccc(-c3c(Cl)nc(C)n3C(C)C)cn2)CC1. The van der Waals surface area contributed by atoms with E-state index in [4.69, 9.17) is 11.6 Å². The Bertz CT molecular complexity index is 901. The summed E-state index contributed by atoms with van der Waals surface area (Å²) in [7, 11) is 0. The number of halogens is 1. The monoisotopic (exact) mass is 432 g/mol. The van der Waals surface area contributed by atoms with Gasteiger partial charge in [-0.05, 0) is 58.6 Å². The van der Waals surface area contributed by atoms with Crippen LogP contribution < -0.4 is 16.0 Å². The summed E-state index contributed by atoms with van der Waals surface area (Å²) in [5, 5.41) is 9.15. The Labute approximate surface area is 181 Å². The highest BCUT2D eigenvalue weighted by atomic mass is 35.5. The fourth-order valence-corrected chi connectivity index (χ4v) is 4.34. The second-order valence-electron chi connectivity index (χ2n) is 8.04. The zero-order chi connectivity index (χ0) is 21.8. The lowest BCUT2D eigenvalue weighted by Crippen LogP contribution is -2.44. The number of rotatable bonds is 5. The molecule has 2 heterocycles. The Morgan fingerprint density at radius 2 is 1.77 bits per heavy atom. The van der Waals surface area contributed by atoms with E-state index in [1.54, 1.807) is 12.3 Å². The number of urea groups is 1. The fraction of sp³-hybridized carbons (Fsp3) is 0.524. The molecule has 0 unspecified atom stereocenters. The van der Waals surface area contributed by atoms with Crippen LogP contribution in [-0.2, 0) is 4.79 Å². The molecule has 30 heavy (non-hydrogen) atoms. The van der Waals surface area contributed by atoms with Gasteiger partial charge in [0.05, 0.1) is 5.69 Å². The van der Waals surface area contributed by atoms with E-state index in [2.05, 4.69) is 44.3 Å². The number of aryl methyl sites for hydroxylation is 1. The zero-order valence-electron chi connectivity index (χ0n) is 17.8. The van der Waals surface area contributed by atoms with E-state index in [-0.39, 0.29) is 30.1 Å². The number of nitrogens with zero attached hydrogens (tertiary/aromatic N) is 3. The Morgan fingerprint density at radius 1 is 1.13 bits per heavy atom. The minimum atomic E-state index is -0.278. The van der Waals surface area contributed by atoms with Crippen molar-refractivity contribution in [3.63, 3.8) is 0 Å². The highest BCUT2D eigenvalue weighted by Crippen LogP contribution is 2.31. The molecule has 2 aromatic rings. The summed E-state index contributed by atoms with van der Waals surface area (Å²) in [6.07, 6.45) is 5.08. The predicted molar refractivity (Wildman–Crippen MR) is 118 cm³/mol. The molecule has 0 atom stereocenters. The number of nitrogens with one attached hydrogen (secondary N) is 3. The number of carbonyl (C=O) groups excluding carboxylic acids is 2. The zero-order valence-corrected chi connectivity index (χ0v) is 18.6. The Kier molecular flexibility index (Phi) is 6.97. The van der Waals surface area contributed by atoms with Gasteiger partial charge < -0.3 is 15.2 Å². The van der Waals surface area contributed by atoms with Crippen molar-refractivity contribution in [1.29, 1.82) is 0 Å². The number of imidazole rings is 1. The number of hydrogen-bond acceptors (Lipinski definition) is 4. The van der Waals surface area contributed by atoms with Gasteiger partial charge in [0.1, 0.15) is 11.6 Å². The van der Waals surface area contributed by atoms with Crippen molar-refractivity contribution in [1.82, 2.24) is 25.2 Å².